The van der Waals surface area contributed by atoms with Crippen molar-refractivity contribution in [2.45, 2.75) is 32.7 Å². The SMILES string of the molecule is CC[C@@H](N)C(=O)NCCCN(CC)c1ccccc1. The van der Waals surface area contributed by atoms with Gasteiger partial charge in [0, 0.05) is 25.3 Å². The summed E-state index contributed by atoms with van der Waals surface area (Å²) in [5.74, 6) is -0.0507. The Balaban J connectivity index is 2.30. The maximum absolute atomic E-state index is 11.5. The van der Waals surface area contributed by atoms with Crippen molar-refractivity contribution in [3.05, 3.63) is 30.3 Å². The van der Waals surface area contributed by atoms with E-state index in [4.69, 9.17) is 5.73 Å². The second-order valence-electron chi connectivity index (χ2n) is 4.57. The molecule has 1 rings (SSSR count). The van der Waals surface area contributed by atoms with Crippen LogP contribution >= 0.6 is 0 Å². The highest BCUT2D eigenvalue weighted by molar-refractivity contribution is 5.81. The predicted molar refractivity (Wildman–Crippen MR) is 80.2 cm³/mol. The molecule has 106 valence electrons. The molecule has 1 atom stereocenters. The lowest BCUT2D eigenvalue weighted by atomic mass is 10.2. The summed E-state index contributed by atoms with van der Waals surface area (Å²) in [5.41, 5.74) is 6.88. The molecule has 1 amide bonds. The first-order valence-electron chi connectivity index (χ1n) is 7.02. The number of nitrogens with zero attached hydrogens (tertiary/aromatic N) is 1. The number of nitrogens with one attached hydrogen (secondary N) is 1. The molecule has 1 aromatic carbocycles. The molecule has 0 aliphatic rings. The van der Waals surface area contributed by atoms with Crippen LogP contribution in [-0.2, 0) is 4.79 Å². The maximum Gasteiger partial charge on any atom is 0.236 e. The minimum atomic E-state index is -0.378. The van der Waals surface area contributed by atoms with Crippen LogP contribution in [0.25, 0.3) is 0 Å². The number of nitrogens with two attached hydrogens (primary N) is 1. The monoisotopic (exact) mass is 263 g/mol. The Bertz CT molecular complexity index is 367. The highest BCUT2D eigenvalue weighted by Gasteiger charge is 2.09. The van der Waals surface area contributed by atoms with Crippen molar-refractivity contribution in [2.24, 2.45) is 5.73 Å². The normalized spacial score (nSPS) is 11.9. The summed E-state index contributed by atoms with van der Waals surface area (Å²) in [6.07, 6.45) is 1.60. The standard InChI is InChI=1S/C15H25N3O/c1-3-14(16)15(19)17-11-8-12-18(4-2)13-9-6-5-7-10-13/h5-7,9-10,14H,3-4,8,11-12,16H2,1-2H3,(H,17,19)/t14-/m1/s1. The molecule has 0 aliphatic carbocycles. The van der Waals surface area contributed by atoms with E-state index in [1.165, 1.54) is 5.69 Å². The van der Waals surface area contributed by atoms with Crippen molar-refractivity contribution < 1.29 is 4.79 Å². The summed E-state index contributed by atoms with van der Waals surface area (Å²) < 4.78 is 0. The number of hydrogen-bond donors (Lipinski definition) is 2. The summed E-state index contributed by atoms with van der Waals surface area (Å²) in [4.78, 5) is 13.8. The van der Waals surface area contributed by atoms with Crippen molar-refractivity contribution >= 4 is 11.6 Å². The Morgan fingerprint density at radius 1 is 1.32 bits per heavy atom. The molecule has 0 saturated carbocycles. The van der Waals surface area contributed by atoms with Crippen molar-refractivity contribution in [2.75, 3.05) is 24.5 Å². The lowest BCUT2D eigenvalue weighted by molar-refractivity contribution is -0.122. The zero-order chi connectivity index (χ0) is 14.1. The Morgan fingerprint density at radius 2 is 2.00 bits per heavy atom. The molecule has 0 spiro atoms. The van der Waals surface area contributed by atoms with Crippen LogP contribution in [0.1, 0.15) is 26.7 Å². The van der Waals surface area contributed by atoms with E-state index in [-0.39, 0.29) is 11.9 Å². The van der Waals surface area contributed by atoms with E-state index in [0.717, 1.165) is 19.5 Å². The van der Waals surface area contributed by atoms with Crippen molar-refractivity contribution in [1.82, 2.24) is 5.32 Å². The summed E-state index contributed by atoms with van der Waals surface area (Å²) >= 11 is 0. The zero-order valence-corrected chi connectivity index (χ0v) is 11.9. The number of carbonyl (C=O) groups is 1. The van der Waals surface area contributed by atoms with E-state index in [2.05, 4.69) is 29.3 Å². The average Bonchev–Trinajstić information content (AvgIpc) is 2.47. The van der Waals surface area contributed by atoms with Gasteiger partial charge in [0.05, 0.1) is 6.04 Å². The van der Waals surface area contributed by atoms with Crippen LogP contribution in [0.15, 0.2) is 30.3 Å². The fourth-order valence-electron chi connectivity index (χ4n) is 1.91. The van der Waals surface area contributed by atoms with Gasteiger partial charge in [-0.25, -0.2) is 0 Å². The minimum Gasteiger partial charge on any atom is -0.372 e. The molecule has 4 nitrogen and oxygen atoms in total. The van der Waals surface area contributed by atoms with Crippen LogP contribution in [0.5, 0.6) is 0 Å². The van der Waals surface area contributed by atoms with Gasteiger partial charge in [-0.15, -0.1) is 0 Å². The molecule has 3 N–H and O–H groups in total. The zero-order valence-electron chi connectivity index (χ0n) is 11.9. The molecule has 1 aromatic rings. The Kier molecular flexibility index (Phi) is 6.97. The van der Waals surface area contributed by atoms with E-state index >= 15 is 0 Å². The second-order valence-corrected chi connectivity index (χ2v) is 4.57. The first-order chi connectivity index (χ1) is 9.19. The summed E-state index contributed by atoms with van der Waals surface area (Å²) in [7, 11) is 0. The molecule has 0 bridgehead atoms. The van der Waals surface area contributed by atoms with Gasteiger partial charge in [0.15, 0.2) is 0 Å². The molecule has 4 heteroatoms. The van der Waals surface area contributed by atoms with Crippen LogP contribution in [0.2, 0.25) is 0 Å². The first kappa shape index (κ1) is 15.5. The van der Waals surface area contributed by atoms with E-state index in [1.807, 2.05) is 25.1 Å². The molecule has 0 heterocycles. The molecule has 0 saturated heterocycles. The van der Waals surface area contributed by atoms with Gasteiger partial charge in [-0.2, -0.15) is 0 Å². The highest BCUT2D eigenvalue weighted by atomic mass is 16.2. The van der Waals surface area contributed by atoms with Crippen molar-refractivity contribution in [3.8, 4) is 0 Å². The third-order valence-electron chi connectivity index (χ3n) is 3.18. The van der Waals surface area contributed by atoms with Gasteiger partial charge in [0.2, 0.25) is 5.91 Å². The average molecular weight is 263 g/mol. The molecule has 0 fully saturated rings. The van der Waals surface area contributed by atoms with Crippen LogP contribution in [0.4, 0.5) is 5.69 Å². The first-order valence-corrected chi connectivity index (χ1v) is 7.02. The van der Waals surface area contributed by atoms with Gasteiger partial charge in [-0.1, -0.05) is 25.1 Å². The number of carbonyl (C=O) groups excluding carboxylic acids is 1. The van der Waals surface area contributed by atoms with Crippen LogP contribution < -0.4 is 16.0 Å². The number of rotatable bonds is 8. The topological polar surface area (TPSA) is 58.4 Å². The van der Waals surface area contributed by atoms with Gasteiger partial charge in [-0.05, 0) is 31.9 Å². The van der Waals surface area contributed by atoms with Crippen LogP contribution in [-0.4, -0.2) is 31.6 Å². The van der Waals surface area contributed by atoms with E-state index in [0.29, 0.717) is 13.0 Å². The van der Waals surface area contributed by atoms with Gasteiger partial charge < -0.3 is 16.0 Å². The number of amides is 1. The Morgan fingerprint density at radius 3 is 2.58 bits per heavy atom. The third-order valence-corrected chi connectivity index (χ3v) is 3.18. The smallest absolute Gasteiger partial charge is 0.236 e. The fourth-order valence-corrected chi connectivity index (χ4v) is 1.91. The maximum atomic E-state index is 11.5. The molecule has 0 radical (unpaired) electrons. The highest BCUT2D eigenvalue weighted by Crippen LogP contribution is 2.12. The lowest BCUT2D eigenvalue weighted by Gasteiger charge is -2.23. The lowest BCUT2D eigenvalue weighted by Crippen LogP contribution is -2.41. The molecule has 0 unspecified atom stereocenters. The van der Waals surface area contributed by atoms with Crippen molar-refractivity contribution in [3.63, 3.8) is 0 Å². The van der Waals surface area contributed by atoms with Gasteiger partial charge in [0.1, 0.15) is 0 Å². The van der Waals surface area contributed by atoms with Gasteiger partial charge in [-0.3, -0.25) is 4.79 Å². The van der Waals surface area contributed by atoms with Gasteiger partial charge >= 0.3 is 0 Å². The Hall–Kier alpha value is -1.55. The summed E-state index contributed by atoms with van der Waals surface area (Å²) in [6.45, 7) is 6.63. The number of benzene rings is 1. The van der Waals surface area contributed by atoms with E-state index in [9.17, 15) is 4.79 Å². The number of hydrogen-bond acceptors (Lipinski definition) is 3. The summed E-state index contributed by atoms with van der Waals surface area (Å²) in [6, 6.07) is 9.94. The Labute approximate surface area is 116 Å². The quantitative estimate of drug-likeness (QED) is 0.703. The molecular weight excluding hydrogens is 238 g/mol. The van der Waals surface area contributed by atoms with Gasteiger partial charge in [0.25, 0.3) is 0 Å². The largest absolute Gasteiger partial charge is 0.372 e. The van der Waals surface area contributed by atoms with Crippen LogP contribution in [0, 0.1) is 0 Å². The third kappa shape index (κ3) is 5.30. The van der Waals surface area contributed by atoms with E-state index < -0.39 is 0 Å². The fraction of sp³-hybridized carbons (Fsp3) is 0.533. The number of anilines is 1. The molecule has 0 aromatic heterocycles. The second kappa shape index (κ2) is 8.53. The van der Waals surface area contributed by atoms with Crippen LogP contribution in [0.3, 0.4) is 0 Å². The molecular formula is C15H25N3O. The number of para-hydroxylation sites is 1. The molecule has 0 aliphatic heterocycles. The summed E-state index contributed by atoms with van der Waals surface area (Å²) in [5, 5.41) is 2.87. The van der Waals surface area contributed by atoms with Crippen molar-refractivity contribution in [1.29, 1.82) is 0 Å². The van der Waals surface area contributed by atoms with E-state index in [1.54, 1.807) is 0 Å². The molecule has 19 heavy (non-hydrogen) atoms. The minimum absolute atomic E-state index is 0.0507. The predicted octanol–water partition coefficient (Wildman–Crippen LogP) is 1.76.